The highest BCUT2D eigenvalue weighted by Crippen LogP contribution is 2.26. The number of hydrogen-bond acceptors (Lipinski definition) is 3. The van der Waals surface area contributed by atoms with Crippen LogP contribution in [0.3, 0.4) is 0 Å². The van der Waals surface area contributed by atoms with E-state index in [1.54, 1.807) is 11.3 Å². The molecule has 0 aliphatic heterocycles. The Balaban J connectivity index is 2.76. The first-order chi connectivity index (χ1) is 8.57. The van der Waals surface area contributed by atoms with Crippen LogP contribution in [0.1, 0.15) is 51.0 Å². The highest BCUT2D eigenvalue weighted by Gasteiger charge is 2.31. The van der Waals surface area contributed by atoms with Crippen molar-refractivity contribution in [3.05, 3.63) is 22.4 Å². The van der Waals surface area contributed by atoms with Crippen molar-refractivity contribution in [2.45, 2.75) is 46.1 Å². The van der Waals surface area contributed by atoms with Gasteiger partial charge in [-0.05, 0) is 31.2 Å². The molecule has 0 saturated heterocycles. The number of carbonyl (C=O) groups is 1. The largest absolute Gasteiger partial charge is 0.348 e. The van der Waals surface area contributed by atoms with Crippen molar-refractivity contribution in [3.63, 3.8) is 0 Å². The van der Waals surface area contributed by atoms with Gasteiger partial charge < -0.3 is 11.1 Å². The molecule has 1 amide bonds. The van der Waals surface area contributed by atoms with Gasteiger partial charge in [0.2, 0.25) is 5.91 Å². The van der Waals surface area contributed by atoms with Crippen molar-refractivity contribution in [3.8, 4) is 0 Å². The number of hydrogen-bond donors (Lipinski definition) is 2. The van der Waals surface area contributed by atoms with Gasteiger partial charge in [-0.1, -0.05) is 26.3 Å². The van der Waals surface area contributed by atoms with Crippen LogP contribution in [0.2, 0.25) is 0 Å². The maximum Gasteiger partial charge on any atom is 0.227 e. The molecule has 2 atom stereocenters. The molecule has 1 rings (SSSR count). The van der Waals surface area contributed by atoms with Crippen molar-refractivity contribution in [1.82, 2.24) is 5.32 Å². The van der Waals surface area contributed by atoms with Gasteiger partial charge in [-0.25, -0.2) is 0 Å². The first kappa shape index (κ1) is 15.2. The minimum atomic E-state index is -0.455. The van der Waals surface area contributed by atoms with Gasteiger partial charge in [-0.15, -0.1) is 11.3 Å². The average molecular weight is 268 g/mol. The van der Waals surface area contributed by atoms with Gasteiger partial charge in [0.05, 0.1) is 11.5 Å². The third-order valence-corrected chi connectivity index (χ3v) is 4.53. The summed E-state index contributed by atoms with van der Waals surface area (Å²) < 4.78 is 0. The number of rotatable bonds is 7. The third-order valence-electron chi connectivity index (χ3n) is 3.55. The summed E-state index contributed by atoms with van der Waals surface area (Å²) in [6.07, 6.45) is 2.78. The van der Waals surface area contributed by atoms with E-state index < -0.39 is 5.41 Å². The van der Waals surface area contributed by atoms with Crippen LogP contribution in [0.15, 0.2) is 17.5 Å². The smallest absolute Gasteiger partial charge is 0.227 e. The summed E-state index contributed by atoms with van der Waals surface area (Å²) in [6.45, 7) is 6.46. The summed E-state index contributed by atoms with van der Waals surface area (Å²) in [5, 5.41) is 5.20. The molecule has 0 saturated carbocycles. The molecule has 1 aromatic heterocycles. The molecule has 0 bridgehead atoms. The van der Waals surface area contributed by atoms with Crippen LogP contribution >= 0.6 is 11.3 Å². The maximum absolute atomic E-state index is 12.3. The van der Waals surface area contributed by atoms with Crippen molar-refractivity contribution < 1.29 is 4.79 Å². The van der Waals surface area contributed by atoms with E-state index in [0.717, 1.165) is 19.3 Å². The summed E-state index contributed by atoms with van der Waals surface area (Å²) in [4.78, 5) is 13.5. The third kappa shape index (κ3) is 3.56. The Morgan fingerprint density at radius 1 is 1.56 bits per heavy atom. The number of carbonyl (C=O) groups excluding carboxylic acids is 1. The number of thiophene rings is 1. The Morgan fingerprint density at radius 3 is 2.72 bits per heavy atom. The fraction of sp³-hybridized carbons (Fsp3) is 0.643. The van der Waals surface area contributed by atoms with Crippen molar-refractivity contribution in [1.29, 1.82) is 0 Å². The van der Waals surface area contributed by atoms with E-state index >= 15 is 0 Å². The second-order valence-corrected chi connectivity index (χ2v) is 5.93. The molecule has 3 N–H and O–H groups in total. The first-order valence-electron chi connectivity index (χ1n) is 6.61. The van der Waals surface area contributed by atoms with Crippen molar-refractivity contribution in [2.24, 2.45) is 11.1 Å². The van der Waals surface area contributed by atoms with E-state index in [-0.39, 0.29) is 11.9 Å². The van der Waals surface area contributed by atoms with E-state index in [9.17, 15) is 4.79 Å². The quantitative estimate of drug-likeness (QED) is 0.798. The van der Waals surface area contributed by atoms with Gasteiger partial charge in [0, 0.05) is 11.4 Å². The lowest BCUT2D eigenvalue weighted by Gasteiger charge is -2.28. The van der Waals surface area contributed by atoms with Crippen LogP contribution in [0.5, 0.6) is 0 Å². The zero-order chi connectivity index (χ0) is 13.6. The molecule has 0 radical (unpaired) electrons. The predicted octanol–water partition coefficient (Wildman–Crippen LogP) is 3.08. The lowest BCUT2D eigenvalue weighted by Crippen LogP contribution is -2.44. The molecule has 2 unspecified atom stereocenters. The summed E-state index contributed by atoms with van der Waals surface area (Å²) in [7, 11) is 0. The molecular formula is C14H24N2OS. The van der Waals surface area contributed by atoms with Gasteiger partial charge in [0.1, 0.15) is 0 Å². The highest BCUT2D eigenvalue weighted by atomic mass is 32.1. The lowest BCUT2D eigenvalue weighted by atomic mass is 9.86. The monoisotopic (exact) mass is 268 g/mol. The topological polar surface area (TPSA) is 55.1 Å². The van der Waals surface area contributed by atoms with Gasteiger partial charge in [-0.2, -0.15) is 0 Å². The molecule has 102 valence electrons. The Kier molecular flexibility index (Phi) is 5.82. The molecule has 3 nitrogen and oxygen atoms in total. The maximum atomic E-state index is 12.3. The fourth-order valence-electron chi connectivity index (χ4n) is 1.79. The van der Waals surface area contributed by atoms with Gasteiger partial charge in [-0.3, -0.25) is 4.79 Å². The highest BCUT2D eigenvalue weighted by molar-refractivity contribution is 7.10. The number of amides is 1. The zero-order valence-electron chi connectivity index (χ0n) is 11.5. The molecule has 0 aliphatic carbocycles. The van der Waals surface area contributed by atoms with Gasteiger partial charge in [0.25, 0.3) is 0 Å². The van der Waals surface area contributed by atoms with Crippen LogP contribution in [0.4, 0.5) is 0 Å². The SMILES string of the molecule is CCCC(NC(=O)C(C)(CC)CN)c1cccs1. The molecule has 0 fully saturated rings. The number of nitrogens with one attached hydrogen (secondary N) is 1. The van der Waals surface area contributed by atoms with Crippen LogP contribution in [0.25, 0.3) is 0 Å². The van der Waals surface area contributed by atoms with E-state index in [4.69, 9.17) is 5.73 Å². The van der Waals surface area contributed by atoms with Gasteiger partial charge >= 0.3 is 0 Å². The van der Waals surface area contributed by atoms with Crippen LogP contribution in [0, 0.1) is 5.41 Å². The minimum absolute atomic E-state index is 0.0688. The Hall–Kier alpha value is -0.870. The summed E-state index contributed by atoms with van der Waals surface area (Å²) in [5.41, 5.74) is 5.27. The number of nitrogens with two attached hydrogens (primary N) is 1. The van der Waals surface area contributed by atoms with Gasteiger partial charge in [0.15, 0.2) is 0 Å². The molecule has 0 spiro atoms. The van der Waals surface area contributed by atoms with E-state index in [0.29, 0.717) is 6.54 Å². The van der Waals surface area contributed by atoms with E-state index in [1.165, 1.54) is 4.88 Å². The standard InChI is InChI=1S/C14H24N2OS/c1-4-7-11(12-8-6-9-18-12)16-13(17)14(3,5-2)10-15/h6,8-9,11H,4-5,7,10,15H2,1-3H3,(H,16,17). The second kappa shape index (κ2) is 6.90. The van der Waals surface area contributed by atoms with E-state index in [1.807, 2.05) is 25.3 Å². The molecule has 18 heavy (non-hydrogen) atoms. The molecular weight excluding hydrogens is 244 g/mol. The minimum Gasteiger partial charge on any atom is -0.348 e. The molecule has 0 aromatic carbocycles. The Bertz CT molecular complexity index is 358. The summed E-state index contributed by atoms with van der Waals surface area (Å²) in [6, 6.07) is 4.23. The summed E-state index contributed by atoms with van der Waals surface area (Å²) >= 11 is 1.69. The van der Waals surface area contributed by atoms with Crippen LogP contribution in [-0.2, 0) is 4.79 Å². The normalized spacial score (nSPS) is 16.0. The predicted molar refractivity (Wildman–Crippen MR) is 77.6 cm³/mol. The Labute approximate surface area is 114 Å². The van der Waals surface area contributed by atoms with Crippen molar-refractivity contribution >= 4 is 17.2 Å². The Morgan fingerprint density at radius 2 is 2.28 bits per heavy atom. The first-order valence-corrected chi connectivity index (χ1v) is 7.49. The van der Waals surface area contributed by atoms with Crippen LogP contribution < -0.4 is 11.1 Å². The second-order valence-electron chi connectivity index (χ2n) is 4.95. The zero-order valence-corrected chi connectivity index (χ0v) is 12.3. The molecule has 1 heterocycles. The summed E-state index contributed by atoms with van der Waals surface area (Å²) in [5.74, 6) is 0.0688. The van der Waals surface area contributed by atoms with E-state index in [2.05, 4.69) is 18.3 Å². The average Bonchev–Trinajstić information content (AvgIpc) is 2.91. The molecule has 0 aliphatic rings. The van der Waals surface area contributed by atoms with Crippen molar-refractivity contribution in [2.75, 3.05) is 6.54 Å². The van der Waals surface area contributed by atoms with Crippen LogP contribution in [-0.4, -0.2) is 12.5 Å². The molecule has 4 heteroatoms. The lowest BCUT2D eigenvalue weighted by molar-refractivity contribution is -0.130. The molecule has 1 aromatic rings. The fourth-order valence-corrected chi connectivity index (χ4v) is 2.61.